The first-order chi connectivity index (χ1) is 10.5. The van der Waals surface area contributed by atoms with E-state index < -0.39 is 0 Å². The van der Waals surface area contributed by atoms with Gasteiger partial charge in [-0.15, -0.1) is 0 Å². The Hall–Kier alpha value is -1.70. The van der Waals surface area contributed by atoms with E-state index in [0.717, 1.165) is 12.8 Å². The molecule has 0 atom stereocenters. The molecule has 1 amide bonds. The van der Waals surface area contributed by atoms with E-state index in [1.54, 1.807) is 23.1 Å². The molecule has 0 spiro atoms. The normalized spacial score (nSPS) is 16.3. The van der Waals surface area contributed by atoms with Gasteiger partial charge in [0.15, 0.2) is 0 Å². The van der Waals surface area contributed by atoms with Gasteiger partial charge >= 0.3 is 0 Å². The van der Waals surface area contributed by atoms with Crippen molar-refractivity contribution in [3.63, 3.8) is 0 Å². The number of rotatable bonds is 3. The van der Waals surface area contributed by atoms with E-state index in [0.29, 0.717) is 34.7 Å². The standard InChI is InChI=1S/C16H17Cl2N3O/c1-11-4-6-21(7-5-11)16(22)12(9-19)10-20-13-2-3-14(17)15(18)8-13/h2-3,8,10-11,20H,4-7H2,1H3/b12-10-. The van der Waals surface area contributed by atoms with Crippen molar-refractivity contribution in [2.24, 2.45) is 5.92 Å². The lowest BCUT2D eigenvalue weighted by Crippen LogP contribution is -2.38. The summed E-state index contributed by atoms with van der Waals surface area (Å²) in [6.07, 6.45) is 3.37. The smallest absolute Gasteiger partial charge is 0.266 e. The lowest BCUT2D eigenvalue weighted by Gasteiger charge is -2.30. The van der Waals surface area contributed by atoms with Gasteiger partial charge in [-0.2, -0.15) is 5.26 Å². The first kappa shape index (κ1) is 16.7. The van der Waals surface area contributed by atoms with E-state index in [9.17, 15) is 10.1 Å². The predicted molar refractivity (Wildman–Crippen MR) is 88.8 cm³/mol. The van der Waals surface area contributed by atoms with Crippen LogP contribution >= 0.6 is 23.2 Å². The highest BCUT2D eigenvalue weighted by Gasteiger charge is 2.22. The summed E-state index contributed by atoms with van der Waals surface area (Å²) >= 11 is 11.8. The Balaban J connectivity index is 2.05. The van der Waals surface area contributed by atoms with E-state index in [2.05, 4.69) is 12.2 Å². The number of benzene rings is 1. The minimum Gasteiger partial charge on any atom is -0.360 e. The van der Waals surface area contributed by atoms with Crippen LogP contribution in [0.4, 0.5) is 5.69 Å². The Labute approximate surface area is 140 Å². The van der Waals surface area contributed by atoms with Crippen molar-refractivity contribution in [3.8, 4) is 6.07 Å². The second-order valence-electron chi connectivity index (χ2n) is 5.42. The van der Waals surface area contributed by atoms with Crippen molar-refractivity contribution < 1.29 is 4.79 Å². The molecule has 1 heterocycles. The average Bonchev–Trinajstić information content (AvgIpc) is 2.52. The number of piperidine rings is 1. The molecule has 1 saturated heterocycles. The number of hydrogen-bond acceptors (Lipinski definition) is 3. The monoisotopic (exact) mass is 337 g/mol. The SMILES string of the molecule is CC1CCN(C(=O)/C(C#N)=C\Nc2ccc(Cl)c(Cl)c2)CC1. The highest BCUT2D eigenvalue weighted by Crippen LogP contribution is 2.25. The van der Waals surface area contributed by atoms with Gasteiger partial charge in [0, 0.05) is 25.0 Å². The fourth-order valence-electron chi connectivity index (χ4n) is 2.27. The molecule has 1 aliphatic rings. The Morgan fingerprint density at radius 2 is 2.05 bits per heavy atom. The fourth-order valence-corrected chi connectivity index (χ4v) is 2.56. The van der Waals surface area contributed by atoms with Crippen LogP contribution in [0.15, 0.2) is 30.0 Å². The van der Waals surface area contributed by atoms with Crippen LogP contribution in [0, 0.1) is 17.2 Å². The first-order valence-corrected chi connectivity index (χ1v) is 7.88. The minimum atomic E-state index is -0.234. The molecule has 0 bridgehead atoms. The fraction of sp³-hybridized carbons (Fsp3) is 0.375. The maximum atomic E-state index is 12.3. The van der Waals surface area contributed by atoms with Gasteiger partial charge in [-0.3, -0.25) is 4.79 Å². The van der Waals surface area contributed by atoms with Crippen LogP contribution in [0.1, 0.15) is 19.8 Å². The van der Waals surface area contributed by atoms with E-state index in [-0.39, 0.29) is 11.5 Å². The van der Waals surface area contributed by atoms with Gasteiger partial charge in [0.25, 0.3) is 5.91 Å². The second kappa shape index (κ2) is 7.53. The van der Waals surface area contributed by atoms with Gasteiger partial charge < -0.3 is 10.2 Å². The summed E-state index contributed by atoms with van der Waals surface area (Å²) in [6, 6.07) is 6.98. The largest absolute Gasteiger partial charge is 0.360 e. The molecule has 1 N–H and O–H groups in total. The van der Waals surface area contributed by atoms with E-state index in [4.69, 9.17) is 23.2 Å². The van der Waals surface area contributed by atoms with Crippen LogP contribution in [0.3, 0.4) is 0 Å². The Morgan fingerprint density at radius 3 is 2.64 bits per heavy atom. The first-order valence-electron chi connectivity index (χ1n) is 7.12. The quantitative estimate of drug-likeness (QED) is 0.668. The third-order valence-electron chi connectivity index (χ3n) is 3.72. The van der Waals surface area contributed by atoms with E-state index in [1.165, 1.54) is 6.20 Å². The Morgan fingerprint density at radius 1 is 1.36 bits per heavy atom. The third kappa shape index (κ3) is 4.16. The number of likely N-dealkylation sites (tertiary alicyclic amines) is 1. The molecule has 1 aromatic rings. The number of nitrogens with zero attached hydrogens (tertiary/aromatic N) is 2. The molecule has 4 nitrogen and oxygen atoms in total. The molecule has 0 radical (unpaired) electrons. The summed E-state index contributed by atoms with van der Waals surface area (Å²) in [5.41, 5.74) is 0.753. The number of anilines is 1. The van der Waals surface area contributed by atoms with Crippen molar-refractivity contribution >= 4 is 34.8 Å². The Kier molecular flexibility index (Phi) is 5.70. The average molecular weight is 338 g/mol. The summed E-state index contributed by atoms with van der Waals surface area (Å²) in [4.78, 5) is 14.1. The highest BCUT2D eigenvalue weighted by atomic mass is 35.5. The number of amides is 1. The molecule has 0 aromatic heterocycles. The molecule has 0 unspecified atom stereocenters. The molecule has 0 aliphatic carbocycles. The zero-order chi connectivity index (χ0) is 16.1. The van der Waals surface area contributed by atoms with Gasteiger partial charge in [-0.05, 0) is 37.0 Å². The number of nitrogens with one attached hydrogen (secondary N) is 1. The zero-order valence-electron chi connectivity index (χ0n) is 12.3. The number of carbonyl (C=O) groups is 1. The van der Waals surface area contributed by atoms with Gasteiger partial charge in [0.1, 0.15) is 11.6 Å². The summed E-state index contributed by atoms with van der Waals surface area (Å²) in [6.45, 7) is 3.58. The predicted octanol–water partition coefficient (Wildman–Crippen LogP) is 4.07. The van der Waals surface area contributed by atoms with E-state index >= 15 is 0 Å². The second-order valence-corrected chi connectivity index (χ2v) is 6.23. The summed E-state index contributed by atoms with van der Waals surface area (Å²) in [5, 5.41) is 13.0. The molecule has 22 heavy (non-hydrogen) atoms. The Bertz CT molecular complexity index is 629. The van der Waals surface area contributed by atoms with Gasteiger partial charge in [0.2, 0.25) is 0 Å². The lowest BCUT2D eigenvalue weighted by molar-refractivity contribution is -0.128. The molecule has 0 saturated carbocycles. The van der Waals surface area contributed by atoms with Crippen LogP contribution in [0.2, 0.25) is 10.0 Å². The van der Waals surface area contributed by atoms with Gasteiger partial charge in [-0.25, -0.2) is 0 Å². The highest BCUT2D eigenvalue weighted by molar-refractivity contribution is 6.42. The lowest BCUT2D eigenvalue weighted by atomic mass is 9.99. The molecule has 2 rings (SSSR count). The van der Waals surface area contributed by atoms with Crippen LogP contribution in [0.25, 0.3) is 0 Å². The van der Waals surface area contributed by atoms with Crippen molar-refractivity contribution in [2.45, 2.75) is 19.8 Å². The van der Waals surface area contributed by atoms with Crippen LogP contribution in [-0.4, -0.2) is 23.9 Å². The van der Waals surface area contributed by atoms with E-state index in [1.807, 2.05) is 6.07 Å². The van der Waals surface area contributed by atoms with Gasteiger partial charge in [0.05, 0.1) is 10.0 Å². The molecule has 1 aliphatic heterocycles. The molecular weight excluding hydrogens is 321 g/mol. The van der Waals surface area contributed by atoms with Crippen LogP contribution in [-0.2, 0) is 4.79 Å². The van der Waals surface area contributed by atoms with Crippen LogP contribution < -0.4 is 5.32 Å². The molecule has 1 aromatic carbocycles. The number of nitriles is 1. The summed E-state index contributed by atoms with van der Waals surface area (Å²) in [7, 11) is 0. The zero-order valence-corrected chi connectivity index (χ0v) is 13.8. The van der Waals surface area contributed by atoms with Crippen molar-refractivity contribution in [1.29, 1.82) is 5.26 Å². The third-order valence-corrected chi connectivity index (χ3v) is 4.46. The number of carbonyl (C=O) groups excluding carboxylic acids is 1. The van der Waals surface area contributed by atoms with Crippen molar-refractivity contribution in [2.75, 3.05) is 18.4 Å². The number of halogens is 2. The minimum absolute atomic E-state index is 0.0839. The van der Waals surface area contributed by atoms with Crippen molar-refractivity contribution in [1.82, 2.24) is 4.90 Å². The summed E-state index contributed by atoms with van der Waals surface area (Å²) < 4.78 is 0. The maximum Gasteiger partial charge on any atom is 0.266 e. The molecule has 1 fully saturated rings. The molecular formula is C16H17Cl2N3O. The summed E-state index contributed by atoms with van der Waals surface area (Å²) in [5.74, 6) is 0.398. The number of hydrogen-bond donors (Lipinski definition) is 1. The molecule has 116 valence electrons. The molecule has 6 heteroatoms. The van der Waals surface area contributed by atoms with Crippen molar-refractivity contribution in [3.05, 3.63) is 40.0 Å². The topological polar surface area (TPSA) is 56.1 Å². The van der Waals surface area contributed by atoms with Crippen LogP contribution in [0.5, 0.6) is 0 Å². The maximum absolute atomic E-state index is 12.3. The van der Waals surface area contributed by atoms with Gasteiger partial charge in [-0.1, -0.05) is 30.1 Å².